The van der Waals surface area contributed by atoms with E-state index in [4.69, 9.17) is 28.2 Å². The van der Waals surface area contributed by atoms with E-state index in [0.717, 1.165) is 6.42 Å². The standard InChI is InChI=1S/C27H25Cl2N3O2/c1-3-16-31(26(33)18-12-14-19(28)15-13-18)24(4-2)25-30-23-11-6-5-10-22(23)27(34)32(25)21-9-7-8-20(29)17-21/h5-15,17,24H,3-4,16H2,1-2H3. The third-order valence-electron chi connectivity index (χ3n) is 5.75. The molecule has 3 aromatic carbocycles. The second-order valence-electron chi connectivity index (χ2n) is 8.04. The second kappa shape index (κ2) is 10.4. The molecule has 0 aliphatic heterocycles. The molecule has 0 aliphatic rings. The zero-order chi connectivity index (χ0) is 24.2. The van der Waals surface area contributed by atoms with Gasteiger partial charge in [-0.25, -0.2) is 4.98 Å². The fraction of sp³-hybridized carbons (Fsp3) is 0.222. The molecule has 1 atom stereocenters. The minimum atomic E-state index is -0.431. The van der Waals surface area contributed by atoms with Crippen LogP contribution in [0, 0.1) is 0 Å². The van der Waals surface area contributed by atoms with Crippen molar-refractivity contribution in [2.75, 3.05) is 6.54 Å². The predicted molar refractivity (Wildman–Crippen MR) is 138 cm³/mol. The van der Waals surface area contributed by atoms with Crippen LogP contribution in [0.2, 0.25) is 10.0 Å². The van der Waals surface area contributed by atoms with Crippen LogP contribution < -0.4 is 5.56 Å². The normalized spacial score (nSPS) is 12.0. The number of carbonyl (C=O) groups is 1. The molecule has 1 unspecified atom stereocenters. The Morgan fingerprint density at radius 1 is 0.971 bits per heavy atom. The van der Waals surface area contributed by atoms with Crippen LogP contribution >= 0.6 is 23.2 Å². The molecule has 0 bridgehead atoms. The van der Waals surface area contributed by atoms with Crippen molar-refractivity contribution in [3.63, 3.8) is 0 Å². The SMILES string of the molecule is CCCN(C(=O)c1ccc(Cl)cc1)C(CC)c1nc2ccccc2c(=O)n1-c1cccc(Cl)c1. The number of benzene rings is 3. The van der Waals surface area contributed by atoms with Gasteiger partial charge in [-0.15, -0.1) is 0 Å². The molecule has 0 saturated carbocycles. The van der Waals surface area contributed by atoms with E-state index in [0.29, 0.717) is 51.0 Å². The topological polar surface area (TPSA) is 55.2 Å². The number of rotatable bonds is 7. The lowest BCUT2D eigenvalue weighted by Gasteiger charge is -2.32. The molecule has 0 radical (unpaired) electrons. The van der Waals surface area contributed by atoms with Crippen molar-refractivity contribution in [2.45, 2.75) is 32.7 Å². The highest BCUT2D eigenvalue weighted by Crippen LogP contribution is 2.28. The summed E-state index contributed by atoms with van der Waals surface area (Å²) in [4.78, 5) is 34.0. The summed E-state index contributed by atoms with van der Waals surface area (Å²) in [6, 6.07) is 20.8. The van der Waals surface area contributed by atoms with Crippen molar-refractivity contribution in [3.8, 4) is 5.69 Å². The summed E-state index contributed by atoms with van der Waals surface area (Å²) < 4.78 is 1.58. The first-order valence-electron chi connectivity index (χ1n) is 11.3. The monoisotopic (exact) mass is 493 g/mol. The molecule has 1 aromatic heterocycles. The summed E-state index contributed by atoms with van der Waals surface area (Å²) >= 11 is 12.3. The number of aromatic nitrogens is 2. The second-order valence-corrected chi connectivity index (χ2v) is 8.91. The van der Waals surface area contributed by atoms with Crippen molar-refractivity contribution in [1.29, 1.82) is 0 Å². The minimum absolute atomic E-state index is 0.134. The van der Waals surface area contributed by atoms with Crippen LogP contribution in [-0.4, -0.2) is 26.9 Å². The zero-order valence-electron chi connectivity index (χ0n) is 19.0. The van der Waals surface area contributed by atoms with Gasteiger partial charge in [-0.3, -0.25) is 14.2 Å². The van der Waals surface area contributed by atoms with Crippen molar-refractivity contribution in [3.05, 3.63) is 105 Å². The van der Waals surface area contributed by atoms with Gasteiger partial charge in [0.15, 0.2) is 0 Å². The molecule has 34 heavy (non-hydrogen) atoms. The lowest BCUT2D eigenvalue weighted by Crippen LogP contribution is -2.39. The third kappa shape index (κ3) is 4.72. The van der Waals surface area contributed by atoms with E-state index in [1.807, 2.05) is 38.1 Å². The number of fused-ring (bicyclic) bond motifs is 1. The van der Waals surface area contributed by atoms with Crippen molar-refractivity contribution in [2.24, 2.45) is 0 Å². The molecule has 0 saturated heterocycles. The molecule has 4 rings (SSSR count). The molecular weight excluding hydrogens is 469 g/mol. The van der Waals surface area contributed by atoms with Crippen LogP contribution in [0.15, 0.2) is 77.6 Å². The highest BCUT2D eigenvalue weighted by Gasteiger charge is 2.29. The quantitative estimate of drug-likeness (QED) is 0.288. The molecule has 1 amide bonds. The average Bonchev–Trinajstić information content (AvgIpc) is 2.84. The fourth-order valence-corrected chi connectivity index (χ4v) is 4.49. The predicted octanol–water partition coefficient (Wildman–Crippen LogP) is 6.70. The maximum Gasteiger partial charge on any atom is 0.266 e. The van der Waals surface area contributed by atoms with Gasteiger partial charge >= 0.3 is 0 Å². The van der Waals surface area contributed by atoms with E-state index >= 15 is 0 Å². The Balaban J connectivity index is 1.94. The molecule has 0 fully saturated rings. The van der Waals surface area contributed by atoms with E-state index in [9.17, 15) is 9.59 Å². The highest BCUT2D eigenvalue weighted by atomic mass is 35.5. The molecule has 0 spiro atoms. The van der Waals surface area contributed by atoms with Gasteiger partial charge in [-0.05, 0) is 67.4 Å². The summed E-state index contributed by atoms with van der Waals surface area (Å²) in [6.45, 7) is 4.52. The molecule has 4 aromatic rings. The Bertz CT molecular complexity index is 1380. The minimum Gasteiger partial charge on any atom is -0.328 e. The summed E-state index contributed by atoms with van der Waals surface area (Å²) in [5, 5.41) is 1.59. The van der Waals surface area contributed by atoms with Crippen LogP contribution in [0.4, 0.5) is 0 Å². The lowest BCUT2D eigenvalue weighted by molar-refractivity contribution is 0.0659. The van der Waals surface area contributed by atoms with Crippen LogP contribution in [-0.2, 0) is 0 Å². The summed E-state index contributed by atoms with van der Waals surface area (Å²) in [5.41, 5.74) is 1.54. The van der Waals surface area contributed by atoms with Gasteiger partial charge in [0.25, 0.3) is 11.5 Å². The maximum absolute atomic E-state index is 13.7. The Kier molecular flexibility index (Phi) is 7.35. The van der Waals surface area contributed by atoms with E-state index in [1.165, 1.54) is 0 Å². The van der Waals surface area contributed by atoms with E-state index in [-0.39, 0.29) is 11.5 Å². The summed E-state index contributed by atoms with van der Waals surface area (Å²) in [5.74, 6) is 0.370. The van der Waals surface area contributed by atoms with Crippen LogP contribution in [0.5, 0.6) is 0 Å². The Hall–Kier alpha value is -3.15. The van der Waals surface area contributed by atoms with Crippen molar-refractivity contribution < 1.29 is 4.79 Å². The lowest BCUT2D eigenvalue weighted by atomic mass is 10.1. The molecule has 0 aliphatic carbocycles. The molecule has 5 nitrogen and oxygen atoms in total. The number of para-hydroxylation sites is 1. The summed E-state index contributed by atoms with van der Waals surface area (Å²) in [7, 11) is 0. The first kappa shape index (κ1) is 24.0. The molecule has 0 N–H and O–H groups in total. The van der Waals surface area contributed by atoms with E-state index < -0.39 is 6.04 Å². The molecule has 1 heterocycles. The number of hydrogen-bond donors (Lipinski definition) is 0. The number of hydrogen-bond acceptors (Lipinski definition) is 3. The number of halogens is 2. The molecule has 7 heteroatoms. The van der Waals surface area contributed by atoms with Gasteiger partial charge in [0.2, 0.25) is 0 Å². The smallest absolute Gasteiger partial charge is 0.266 e. The Morgan fingerprint density at radius 2 is 1.71 bits per heavy atom. The van der Waals surface area contributed by atoms with Crippen LogP contribution in [0.1, 0.15) is 48.9 Å². The van der Waals surface area contributed by atoms with Gasteiger partial charge in [0.1, 0.15) is 5.82 Å². The van der Waals surface area contributed by atoms with Gasteiger partial charge in [-0.2, -0.15) is 0 Å². The third-order valence-corrected chi connectivity index (χ3v) is 6.23. The number of amides is 1. The average molecular weight is 494 g/mol. The van der Waals surface area contributed by atoms with Crippen LogP contribution in [0.3, 0.4) is 0 Å². The zero-order valence-corrected chi connectivity index (χ0v) is 20.6. The summed E-state index contributed by atoms with van der Waals surface area (Å²) in [6.07, 6.45) is 1.33. The fourth-order valence-electron chi connectivity index (χ4n) is 4.18. The van der Waals surface area contributed by atoms with E-state index in [1.54, 1.807) is 58.0 Å². The van der Waals surface area contributed by atoms with Crippen LogP contribution in [0.25, 0.3) is 16.6 Å². The molecular formula is C27H25Cl2N3O2. The van der Waals surface area contributed by atoms with Gasteiger partial charge < -0.3 is 4.90 Å². The van der Waals surface area contributed by atoms with Gasteiger partial charge in [0.05, 0.1) is 22.6 Å². The largest absolute Gasteiger partial charge is 0.328 e. The Morgan fingerprint density at radius 3 is 2.38 bits per heavy atom. The van der Waals surface area contributed by atoms with Gasteiger partial charge in [-0.1, -0.05) is 55.2 Å². The first-order chi connectivity index (χ1) is 16.4. The molecule has 174 valence electrons. The Labute approximate surface area is 208 Å². The van der Waals surface area contributed by atoms with Crippen molar-refractivity contribution >= 4 is 40.0 Å². The van der Waals surface area contributed by atoms with E-state index in [2.05, 4.69) is 0 Å². The van der Waals surface area contributed by atoms with Gasteiger partial charge in [0, 0.05) is 22.2 Å². The first-order valence-corrected chi connectivity index (χ1v) is 12.0. The number of nitrogens with zero attached hydrogens (tertiary/aromatic N) is 3. The number of carbonyl (C=O) groups excluding carboxylic acids is 1. The van der Waals surface area contributed by atoms with Crippen molar-refractivity contribution in [1.82, 2.24) is 14.5 Å². The maximum atomic E-state index is 13.7. The highest BCUT2D eigenvalue weighted by molar-refractivity contribution is 6.31.